The zero-order valence-corrected chi connectivity index (χ0v) is 8.72. The molecule has 1 aliphatic heterocycles. The van der Waals surface area contributed by atoms with Gasteiger partial charge in [0.05, 0.1) is 0 Å². The second kappa shape index (κ2) is 4.49. The lowest BCUT2D eigenvalue weighted by Gasteiger charge is -2.13. The molecular weight excluding hydrogens is 195 g/mol. The molecule has 1 aliphatic rings. The molecule has 1 aromatic carbocycles. The van der Waals surface area contributed by atoms with E-state index in [2.05, 4.69) is 10.6 Å². The van der Waals surface area contributed by atoms with Gasteiger partial charge in [-0.1, -0.05) is 0 Å². The highest BCUT2D eigenvalue weighted by molar-refractivity contribution is 5.46. The molecule has 0 radical (unpaired) electrons. The fraction of sp³-hybridized carbons (Fsp3) is 0.455. The van der Waals surface area contributed by atoms with Crippen molar-refractivity contribution in [2.75, 3.05) is 25.5 Å². The molecule has 3 nitrogen and oxygen atoms in total. The normalized spacial score (nSPS) is 20.3. The van der Waals surface area contributed by atoms with E-state index in [4.69, 9.17) is 4.74 Å². The molecule has 1 atom stereocenters. The van der Waals surface area contributed by atoms with Crippen LogP contribution in [-0.4, -0.2) is 26.2 Å². The Kier molecular flexibility index (Phi) is 3.06. The number of benzene rings is 1. The van der Waals surface area contributed by atoms with Crippen LogP contribution in [0, 0.1) is 5.82 Å². The van der Waals surface area contributed by atoms with Crippen LogP contribution in [0.1, 0.15) is 6.42 Å². The van der Waals surface area contributed by atoms with E-state index < -0.39 is 0 Å². The Morgan fingerprint density at radius 2 is 2.40 bits per heavy atom. The number of ether oxygens (including phenoxy) is 1. The van der Waals surface area contributed by atoms with Crippen molar-refractivity contribution in [2.45, 2.75) is 12.5 Å². The van der Waals surface area contributed by atoms with E-state index in [1.54, 1.807) is 19.2 Å². The standard InChI is InChI=1S/C11H15FN2O/c1-13-8-2-3-11(10(12)6-8)15-9-4-5-14-7-9/h2-3,6,9,13-14H,4-5,7H2,1H3. The lowest BCUT2D eigenvalue weighted by Crippen LogP contribution is -2.20. The van der Waals surface area contributed by atoms with E-state index in [-0.39, 0.29) is 11.9 Å². The quantitative estimate of drug-likeness (QED) is 0.795. The van der Waals surface area contributed by atoms with Gasteiger partial charge in [0.15, 0.2) is 11.6 Å². The molecule has 2 N–H and O–H groups in total. The van der Waals surface area contributed by atoms with Crippen LogP contribution < -0.4 is 15.4 Å². The smallest absolute Gasteiger partial charge is 0.167 e. The summed E-state index contributed by atoms with van der Waals surface area (Å²) in [5.74, 6) is 0.0245. The maximum Gasteiger partial charge on any atom is 0.167 e. The highest BCUT2D eigenvalue weighted by Crippen LogP contribution is 2.22. The minimum Gasteiger partial charge on any atom is -0.486 e. The summed E-state index contributed by atoms with van der Waals surface area (Å²) < 4.78 is 19.0. The zero-order chi connectivity index (χ0) is 10.7. The summed E-state index contributed by atoms with van der Waals surface area (Å²) in [5.41, 5.74) is 0.754. The van der Waals surface area contributed by atoms with Crippen molar-refractivity contribution in [3.05, 3.63) is 24.0 Å². The Morgan fingerprint density at radius 3 is 3.00 bits per heavy atom. The summed E-state index contributed by atoms with van der Waals surface area (Å²) in [6.45, 7) is 1.74. The molecule has 15 heavy (non-hydrogen) atoms. The number of hydrogen-bond acceptors (Lipinski definition) is 3. The van der Waals surface area contributed by atoms with Gasteiger partial charge in [0, 0.05) is 25.3 Å². The first-order valence-electron chi connectivity index (χ1n) is 5.14. The molecule has 1 heterocycles. The van der Waals surface area contributed by atoms with E-state index in [9.17, 15) is 4.39 Å². The van der Waals surface area contributed by atoms with Crippen LogP contribution in [0.4, 0.5) is 10.1 Å². The first kappa shape index (κ1) is 10.2. The molecule has 1 saturated heterocycles. The monoisotopic (exact) mass is 210 g/mol. The summed E-state index contributed by atoms with van der Waals surface area (Å²) in [4.78, 5) is 0. The van der Waals surface area contributed by atoms with Crippen molar-refractivity contribution in [1.82, 2.24) is 5.32 Å². The second-order valence-electron chi connectivity index (χ2n) is 3.63. The van der Waals surface area contributed by atoms with Crippen molar-refractivity contribution in [1.29, 1.82) is 0 Å². The molecule has 0 saturated carbocycles. The fourth-order valence-electron chi connectivity index (χ4n) is 1.66. The number of rotatable bonds is 3. The zero-order valence-electron chi connectivity index (χ0n) is 8.72. The first-order valence-corrected chi connectivity index (χ1v) is 5.14. The third kappa shape index (κ3) is 2.39. The van der Waals surface area contributed by atoms with Crippen LogP contribution >= 0.6 is 0 Å². The predicted octanol–water partition coefficient (Wildman–Crippen LogP) is 1.61. The molecule has 0 aromatic heterocycles. The summed E-state index contributed by atoms with van der Waals surface area (Å²) in [5, 5.41) is 6.06. The molecule has 0 amide bonds. The van der Waals surface area contributed by atoms with Crippen LogP contribution in [0.25, 0.3) is 0 Å². The molecule has 0 bridgehead atoms. The maximum atomic E-state index is 13.5. The topological polar surface area (TPSA) is 33.3 Å². The Labute approximate surface area is 88.6 Å². The van der Waals surface area contributed by atoms with Crippen molar-refractivity contribution >= 4 is 5.69 Å². The molecule has 1 unspecified atom stereocenters. The number of halogens is 1. The average molecular weight is 210 g/mol. The van der Waals surface area contributed by atoms with E-state index in [0.717, 1.165) is 25.2 Å². The SMILES string of the molecule is CNc1ccc(OC2CCNC2)c(F)c1. The molecule has 1 aromatic rings. The lowest BCUT2D eigenvalue weighted by atomic mass is 10.2. The summed E-state index contributed by atoms with van der Waals surface area (Å²) in [6, 6.07) is 4.91. The van der Waals surface area contributed by atoms with E-state index in [1.165, 1.54) is 6.07 Å². The van der Waals surface area contributed by atoms with Gasteiger partial charge in [-0.05, 0) is 25.1 Å². The molecule has 1 fully saturated rings. The number of anilines is 1. The molecule has 0 spiro atoms. The number of hydrogen-bond donors (Lipinski definition) is 2. The maximum absolute atomic E-state index is 13.5. The summed E-state index contributed by atoms with van der Waals surface area (Å²) in [6.07, 6.45) is 1.03. The summed E-state index contributed by atoms with van der Waals surface area (Å²) >= 11 is 0. The van der Waals surface area contributed by atoms with E-state index in [1.807, 2.05) is 0 Å². The van der Waals surface area contributed by atoms with Gasteiger partial charge in [-0.15, -0.1) is 0 Å². The van der Waals surface area contributed by atoms with Gasteiger partial charge >= 0.3 is 0 Å². The Bertz CT molecular complexity index is 337. The van der Waals surface area contributed by atoms with Crippen LogP contribution in [-0.2, 0) is 0 Å². The largest absolute Gasteiger partial charge is 0.486 e. The summed E-state index contributed by atoms with van der Waals surface area (Å²) in [7, 11) is 1.76. The predicted molar refractivity (Wildman–Crippen MR) is 57.8 cm³/mol. The van der Waals surface area contributed by atoms with Gasteiger partial charge in [0.25, 0.3) is 0 Å². The Hall–Kier alpha value is -1.29. The fourth-order valence-corrected chi connectivity index (χ4v) is 1.66. The van der Waals surface area contributed by atoms with Crippen molar-refractivity contribution < 1.29 is 9.13 Å². The van der Waals surface area contributed by atoms with Crippen LogP contribution in [0.2, 0.25) is 0 Å². The molecule has 4 heteroatoms. The highest BCUT2D eigenvalue weighted by Gasteiger charge is 2.17. The van der Waals surface area contributed by atoms with Crippen molar-refractivity contribution in [2.24, 2.45) is 0 Å². The van der Waals surface area contributed by atoms with Gasteiger partial charge in [-0.3, -0.25) is 0 Å². The van der Waals surface area contributed by atoms with E-state index >= 15 is 0 Å². The van der Waals surface area contributed by atoms with Crippen LogP contribution in [0.3, 0.4) is 0 Å². The van der Waals surface area contributed by atoms with Gasteiger partial charge in [-0.2, -0.15) is 0 Å². The van der Waals surface area contributed by atoms with Crippen molar-refractivity contribution in [3.8, 4) is 5.75 Å². The van der Waals surface area contributed by atoms with Gasteiger partial charge < -0.3 is 15.4 Å². The van der Waals surface area contributed by atoms with Crippen LogP contribution in [0.15, 0.2) is 18.2 Å². The first-order chi connectivity index (χ1) is 7.29. The Balaban J connectivity index is 2.07. The third-order valence-corrected chi connectivity index (χ3v) is 2.53. The van der Waals surface area contributed by atoms with Crippen LogP contribution in [0.5, 0.6) is 5.75 Å². The molecule has 0 aliphatic carbocycles. The molecule has 82 valence electrons. The van der Waals surface area contributed by atoms with Crippen molar-refractivity contribution in [3.63, 3.8) is 0 Å². The number of nitrogens with one attached hydrogen (secondary N) is 2. The lowest BCUT2D eigenvalue weighted by molar-refractivity contribution is 0.213. The highest BCUT2D eigenvalue weighted by atomic mass is 19.1. The average Bonchev–Trinajstić information content (AvgIpc) is 2.74. The minimum absolute atomic E-state index is 0.0972. The van der Waals surface area contributed by atoms with Gasteiger partial charge in [0.2, 0.25) is 0 Å². The molecule has 2 rings (SSSR count). The Morgan fingerprint density at radius 1 is 1.53 bits per heavy atom. The minimum atomic E-state index is -0.311. The van der Waals surface area contributed by atoms with E-state index in [0.29, 0.717) is 5.75 Å². The molecular formula is C11H15FN2O. The second-order valence-corrected chi connectivity index (χ2v) is 3.63. The van der Waals surface area contributed by atoms with Gasteiger partial charge in [0.1, 0.15) is 6.10 Å². The van der Waals surface area contributed by atoms with Gasteiger partial charge in [-0.25, -0.2) is 4.39 Å². The third-order valence-electron chi connectivity index (χ3n) is 2.53.